The zero-order valence-electron chi connectivity index (χ0n) is 30.7. The summed E-state index contributed by atoms with van der Waals surface area (Å²) in [5, 5.41) is 20.4. The molecule has 0 atom stereocenters. The summed E-state index contributed by atoms with van der Waals surface area (Å²) >= 11 is 0. The van der Waals surface area contributed by atoms with Crippen molar-refractivity contribution < 1.29 is 45.6 Å². The summed E-state index contributed by atoms with van der Waals surface area (Å²) in [6, 6.07) is 20.9. The molecule has 0 spiro atoms. The van der Waals surface area contributed by atoms with Crippen LogP contribution in [0.3, 0.4) is 0 Å². The summed E-state index contributed by atoms with van der Waals surface area (Å²) in [6.07, 6.45) is 15.3. The van der Waals surface area contributed by atoms with Crippen molar-refractivity contribution in [2.45, 2.75) is 114 Å². The first-order chi connectivity index (χ1) is 24.8. The van der Waals surface area contributed by atoms with Crippen LogP contribution in [0.4, 0.5) is 0 Å². The fourth-order valence-corrected chi connectivity index (χ4v) is 6.79. The van der Waals surface area contributed by atoms with E-state index in [0.29, 0.717) is 11.5 Å². The van der Waals surface area contributed by atoms with Crippen LogP contribution in [0, 0.1) is 0 Å². The van der Waals surface area contributed by atoms with Crippen LogP contribution < -0.4 is 14.6 Å². The van der Waals surface area contributed by atoms with Gasteiger partial charge >= 0.3 is 37.7 Å². The Balaban J connectivity index is 0.000000360. The van der Waals surface area contributed by atoms with Gasteiger partial charge in [0.15, 0.2) is 0 Å². The minimum absolute atomic E-state index is 0. The maximum atomic E-state index is 11.7. The van der Waals surface area contributed by atoms with Crippen LogP contribution in [0.25, 0.3) is 0 Å². The Morgan fingerprint density at radius 2 is 0.962 bits per heavy atom. The number of phenols is 1. The molecular formula is C40H50CaO10S2. The summed E-state index contributed by atoms with van der Waals surface area (Å²) in [7, 11) is -9.06. The van der Waals surface area contributed by atoms with E-state index in [0.717, 1.165) is 56.1 Å². The van der Waals surface area contributed by atoms with Crippen molar-refractivity contribution in [3.63, 3.8) is 0 Å². The molecule has 0 fully saturated rings. The van der Waals surface area contributed by atoms with Crippen molar-refractivity contribution in [2.75, 3.05) is 0 Å². The predicted octanol–water partition coefficient (Wildman–Crippen LogP) is 9.31. The minimum atomic E-state index is -4.66. The van der Waals surface area contributed by atoms with E-state index in [4.69, 9.17) is 9.47 Å². The predicted molar refractivity (Wildman–Crippen MR) is 205 cm³/mol. The number of phenolic OH excluding ortho intramolecular Hbond substituents is 1. The zero-order valence-corrected chi connectivity index (χ0v) is 34.5. The first-order valence-corrected chi connectivity index (χ1v) is 20.8. The number of aryl methyl sites for hydroxylation is 2. The number of rotatable bonds is 20. The monoisotopic (exact) mass is 794 g/mol. The number of unbranched alkanes of at least 4 members (excludes halogenated alkanes) is 10. The third-order valence-corrected chi connectivity index (χ3v) is 10.1. The van der Waals surface area contributed by atoms with Crippen molar-refractivity contribution in [2.24, 2.45) is 0 Å². The Hall–Kier alpha value is -2.84. The molecule has 0 bridgehead atoms. The Kier molecular flexibility index (Phi) is 20.8. The van der Waals surface area contributed by atoms with Gasteiger partial charge in [-0.3, -0.25) is 4.55 Å². The maximum absolute atomic E-state index is 11.7. The molecule has 10 nitrogen and oxygen atoms in total. The molecule has 0 saturated carbocycles. The van der Waals surface area contributed by atoms with Crippen LogP contribution in [-0.2, 0) is 33.1 Å². The van der Waals surface area contributed by atoms with Gasteiger partial charge in [-0.15, -0.1) is 5.75 Å². The second-order valence-corrected chi connectivity index (χ2v) is 15.4. The molecule has 284 valence electrons. The molecular weight excluding hydrogens is 745 g/mol. The van der Waals surface area contributed by atoms with E-state index in [-0.39, 0.29) is 70.5 Å². The molecule has 53 heavy (non-hydrogen) atoms. The van der Waals surface area contributed by atoms with Crippen molar-refractivity contribution in [3.05, 3.63) is 96.1 Å². The van der Waals surface area contributed by atoms with Gasteiger partial charge in [-0.2, -0.15) is 8.42 Å². The molecule has 0 aromatic heterocycles. The van der Waals surface area contributed by atoms with Crippen LogP contribution in [-0.4, -0.2) is 68.8 Å². The van der Waals surface area contributed by atoms with E-state index in [1.54, 1.807) is 12.1 Å². The first-order valence-electron chi connectivity index (χ1n) is 17.9. The second kappa shape index (κ2) is 23.8. The molecule has 0 heterocycles. The van der Waals surface area contributed by atoms with Crippen LogP contribution in [0.5, 0.6) is 34.5 Å². The zero-order chi connectivity index (χ0) is 38.0. The number of benzene rings is 4. The maximum Gasteiger partial charge on any atom is 2.00 e. The van der Waals surface area contributed by atoms with E-state index < -0.39 is 20.2 Å². The van der Waals surface area contributed by atoms with E-state index in [9.17, 15) is 36.2 Å². The Morgan fingerprint density at radius 3 is 1.40 bits per heavy atom. The van der Waals surface area contributed by atoms with Gasteiger partial charge in [0.05, 0.1) is 4.90 Å². The van der Waals surface area contributed by atoms with Crippen molar-refractivity contribution in [1.29, 1.82) is 0 Å². The fraction of sp³-hybridized carbons (Fsp3) is 0.400. The molecule has 4 rings (SSSR count). The van der Waals surface area contributed by atoms with Crippen LogP contribution in [0.2, 0.25) is 0 Å². The molecule has 2 N–H and O–H groups in total. The molecule has 4 aromatic carbocycles. The van der Waals surface area contributed by atoms with Gasteiger partial charge in [0.2, 0.25) is 0 Å². The summed E-state index contributed by atoms with van der Waals surface area (Å²) in [4.78, 5) is -0.610. The molecule has 4 aromatic rings. The van der Waals surface area contributed by atoms with Crippen LogP contribution >= 0.6 is 0 Å². The molecule has 0 amide bonds. The van der Waals surface area contributed by atoms with E-state index in [1.807, 2.05) is 6.07 Å². The standard InChI is InChI=1S/2C20H26O5S.Ca/c2*1-2-3-4-5-6-7-8-16-9-14-19(20(15-16)26(22,23)24)25-18-12-10-17(21)11-13-18;/h2*9-15,21H,2-8H2,1H3,(H,22,23,24);/q;;+2/p-2. The number of hydrogen-bond donors (Lipinski definition) is 2. The van der Waals surface area contributed by atoms with Gasteiger partial charge in [-0.25, -0.2) is 8.42 Å². The first kappa shape index (κ1) is 46.3. The molecule has 0 aliphatic carbocycles. The minimum Gasteiger partial charge on any atom is -0.872 e. The van der Waals surface area contributed by atoms with Gasteiger partial charge in [-0.05, 0) is 97.5 Å². The second-order valence-electron chi connectivity index (χ2n) is 12.7. The third-order valence-electron chi connectivity index (χ3n) is 8.32. The number of aromatic hydroxyl groups is 1. The van der Waals surface area contributed by atoms with Gasteiger partial charge < -0.3 is 24.2 Å². The molecule has 0 aliphatic rings. The molecule has 0 unspecified atom stereocenters. The Morgan fingerprint density at radius 1 is 0.566 bits per heavy atom. The van der Waals surface area contributed by atoms with Crippen LogP contribution in [0.1, 0.15) is 102 Å². The van der Waals surface area contributed by atoms with E-state index >= 15 is 0 Å². The van der Waals surface area contributed by atoms with Gasteiger partial charge in [0.1, 0.15) is 43.8 Å². The molecule has 13 heteroatoms. The average Bonchev–Trinajstić information content (AvgIpc) is 3.10. The normalized spacial score (nSPS) is 11.2. The fourth-order valence-electron chi connectivity index (χ4n) is 5.48. The topological polar surface area (TPSA) is 173 Å². The molecule has 0 saturated heterocycles. The van der Waals surface area contributed by atoms with Crippen molar-refractivity contribution in [1.82, 2.24) is 0 Å². The summed E-state index contributed by atoms with van der Waals surface area (Å²) < 4.78 is 78.9. The average molecular weight is 795 g/mol. The van der Waals surface area contributed by atoms with Gasteiger partial charge in [0, 0.05) is 0 Å². The smallest absolute Gasteiger partial charge is 0.872 e. The third kappa shape index (κ3) is 17.4. The largest absolute Gasteiger partial charge is 2.00 e. The summed E-state index contributed by atoms with van der Waals surface area (Å²) in [5.41, 5.74) is 1.66. The summed E-state index contributed by atoms with van der Waals surface area (Å²) in [6.45, 7) is 4.35. The quantitative estimate of drug-likeness (QED) is 0.0499. The Labute approximate surface area is 345 Å². The Bertz CT molecular complexity index is 1740. The van der Waals surface area contributed by atoms with E-state index in [1.165, 1.54) is 112 Å². The van der Waals surface area contributed by atoms with Crippen LogP contribution in [0.15, 0.2) is 94.7 Å². The van der Waals surface area contributed by atoms with Gasteiger partial charge in [0.25, 0.3) is 10.1 Å². The summed E-state index contributed by atoms with van der Waals surface area (Å²) in [5.74, 6) is 0.620. The van der Waals surface area contributed by atoms with Gasteiger partial charge in [-0.1, -0.05) is 102 Å². The molecule has 0 aliphatic heterocycles. The number of hydrogen-bond acceptors (Lipinski definition) is 9. The SMILES string of the molecule is CCCCCCCCc1ccc(Oc2ccc(O)cc2)c(S(=O)(=O)O)c1.CCCCCCCCc1ccc(Oc2ccc([O-])cc2)c(S(=O)(=O)[O-])c1.[Ca+2]. The molecule has 0 radical (unpaired) electrons. The van der Waals surface area contributed by atoms with E-state index in [2.05, 4.69) is 13.8 Å². The van der Waals surface area contributed by atoms with Crippen molar-refractivity contribution in [3.8, 4) is 34.5 Å². The number of ether oxygens (including phenoxy) is 2. The van der Waals surface area contributed by atoms with Crippen molar-refractivity contribution >= 4 is 58.0 Å².